The maximum absolute atomic E-state index is 11.2. The molecule has 0 unspecified atom stereocenters. The van der Waals surface area contributed by atoms with E-state index in [-0.39, 0.29) is 5.69 Å². The zero-order chi connectivity index (χ0) is 13.8. The lowest BCUT2D eigenvalue weighted by Gasteiger charge is -2.12. The number of methoxy groups -OCH3 is 1. The molecule has 1 aromatic carbocycles. The Morgan fingerprint density at radius 3 is 2.84 bits per heavy atom. The lowest BCUT2D eigenvalue weighted by Crippen LogP contribution is -2.08. The van der Waals surface area contributed by atoms with Gasteiger partial charge in [0.2, 0.25) is 0 Å². The highest BCUT2D eigenvalue weighted by atomic mass is 35.5. The molecule has 1 heterocycles. The molecule has 0 fully saturated rings. The summed E-state index contributed by atoms with van der Waals surface area (Å²) in [6.45, 7) is 0.578. The Hall–Kier alpha value is -1.78. The summed E-state index contributed by atoms with van der Waals surface area (Å²) in [6.07, 6.45) is 2.32. The molecule has 0 spiro atoms. The van der Waals surface area contributed by atoms with Crippen molar-refractivity contribution in [2.75, 3.05) is 13.7 Å². The van der Waals surface area contributed by atoms with E-state index in [2.05, 4.69) is 0 Å². The lowest BCUT2D eigenvalue weighted by molar-refractivity contribution is 0.0688. The number of aromatic nitrogens is 1. The van der Waals surface area contributed by atoms with Gasteiger partial charge in [-0.2, -0.15) is 0 Å². The summed E-state index contributed by atoms with van der Waals surface area (Å²) in [7, 11) is 1.64. The van der Waals surface area contributed by atoms with Crippen LogP contribution in [0.2, 0.25) is 5.02 Å². The topological polar surface area (TPSA) is 51.5 Å². The van der Waals surface area contributed by atoms with Crippen molar-refractivity contribution < 1.29 is 14.6 Å². The van der Waals surface area contributed by atoms with Crippen LogP contribution in [0, 0.1) is 0 Å². The number of hydrogen-bond donors (Lipinski definition) is 1. The van der Waals surface area contributed by atoms with Crippen molar-refractivity contribution in [3.05, 3.63) is 52.8 Å². The van der Waals surface area contributed by atoms with Crippen LogP contribution in [0.3, 0.4) is 0 Å². The zero-order valence-electron chi connectivity index (χ0n) is 10.5. The molecule has 0 aliphatic rings. The van der Waals surface area contributed by atoms with Crippen LogP contribution < -0.4 is 0 Å². The molecule has 0 amide bonds. The van der Waals surface area contributed by atoms with Crippen molar-refractivity contribution >= 4 is 17.6 Å². The molecule has 0 atom stereocenters. The predicted octanol–water partition coefficient (Wildman–Crippen LogP) is 3.02. The van der Waals surface area contributed by atoms with E-state index in [1.165, 1.54) is 6.07 Å². The highest BCUT2D eigenvalue weighted by Crippen LogP contribution is 2.22. The smallest absolute Gasteiger partial charge is 0.352 e. The van der Waals surface area contributed by atoms with Gasteiger partial charge < -0.3 is 14.4 Å². The second kappa shape index (κ2) is 5.91. The Morgan fingerprint density at radius 2 is 2.16 bits per heavy atom. The molecule has 2 aromatic rings. The Kier molecular flexibility index (Phi) is 4.24. The number of ether oxygens (including phenoxy) is 1. The van der Waals surface area contributed by atoms with E-state index in [9.17, 15) is 9.90 Å². The van der Waals surface area contributed by atoms with Crippen LogP contribution in [-0.4, -0.2) is 29.4 Å². The fourth-order valence-electron chi connectivity index (χ4n) is 1.96. The number of carboxylic acid groups (broad SMARTS) is 1. The van der Waals surface area contributed by atoms with Gasteiger partial charge in [-0.1, -0.05) is 29.8 Å². The van der Waals surface area contributed by atoms with Gasteiger partial charge in [0, 0.05) is 19.0 Å². The molecule has 1 N–H and O–H groups in total. The third kappa shape index (κ3) is 2.97. The summed E-state index contributed by atoms with van der Waals surface area (Å²) in [5, 5.41) is 9.60. The first-order valence-electron chi connectivity index (χ1n) is 5.82. The molecule has 0 saturated carbocycles. The van der Waals surface area contributed by atoms with Crippen molar-refractivity contribution in [3.63, 3.8) is 0 Å². The lowest BCUT2D eigenvalue weighted by atomic mass is 10.1. The molecule has 0 radical (unpaired) electrons. The summed E-state index contributed by atoms with van der Waals surface area (Å²) >= 11 is 5.91. The summed E-state index contributed by atoms with van der Waals surface area (Å²) in [5.74, 6) is -1.01. The molecule has 19 heavy (non-hydrogen) atoms. The molecule has 0 aliphatic heterocycles. The first-order valence-corrected chi connectivity index (χ1v) is 6.19. The van der Waals surface area contributed by atoms with Crippen LogP contribution in [-0.2, 0) is 11.2 Å². The molecule has 100 valence electrons. The third-order valence-corrected chi connectivity index (χ3v) is 3.04. The van der Waals surface area contributed by atoms with Crippen molar-refractivity contribution in [1.82, 2.24) is 4.57 Å². The van der Waals surface area contributed by atoms with Gasteiger partial charge in [-0.15, -0.1) is 0 Å². The minimum absolute atomic E-state index is 0.148. The molecule has 5 heteroatoms. The molecule has 2 rings (SSSR count). The number of halogens is 1. The van der Waals surface area contributed by atoms with Crippen LogP contribution in [0.15, 0.2) is 36.5 Å². The van der Waals surface area contributed by atoms with Gasteiger partial charge >= 0.3 is 5.97 Å². The number of carbonyl (C=O) groups is 1. The standard InChI is InChI=1S/C14H14ClNO3/c1-19-7-6-10-4-2-3-5-12(10)16-9-11(15)8-13(16)14(17)18/h2-5,8-9H,6-7H2,1H3,(H,17,18). The SMILES string of the molecule is COCCc1ccccc1-n1cc(Cl)cc1C(=O)O. The van der Waals surface area contributed by atoms with Gasteiger partial charge in [0.25, 0.3) is 0 Å². The normalized spacial score (nSPS) is 10.6. The molecular weight excluding hydrogens is 266 g/mol. The van der Waals surface area contributed by atoms with Crippen LogP contribution in [0.4, 0.5) is 0 Å². The minimum Gasteiger partial charge on any atom is -0.477 e. The van der Waals surface area contributed by atoms with Crippen molar-refractivity contribution in [2.45, 2.75) is 6.42 Å². The van der Waals surface area contributed by atoms with Gasteiger partial charge in [-0.25, -0.2) is 4.79 Å². The number of hydrogen-bond acceptors (Lipinski definition) is 2. The summed E-state index contributed by atoms with van der Waals surface area (Å²) in [6, 6.07) is 9.05. The number of benzene rings is 1. The maximum Gasteiger partial charge on any atom is 0.352 e. The van der Waals surface area contributed by atoms with Gasteiger partial charge in [0.05, 0.1) is 11.6 Å². The fourth-order valence-corrected chi connectivity index (χ4v) is 2.16. The minimum atomic E-state index is -1.01. The van der Waals surface area contributed by atoms with Crippen LogP contribution in [0.25, 0.3) is 5.69 Å². The Morgan fingerprint density at radius 1 is 1.42 bits per heavy atom. The average molecular weight is 280 g/mol. The molecule has 0 bridgehead atoms. The van der Waals surface area contributed by atoms with E-state index >= 15 is 0 Å². The summed E-state index contributed by atoms with van der Waals surface area (Å²) in [4.78, 5) is 11.2. The highest BCUT2D eigenvalue weighted by molar-refractivity contribution is 6.31. The predicted molar refractivity (Wildman–Crippen MR) is 73.3 cm³/mol. The molecule has 0 aliphatic carbocycles. The number of aromatic carboxylic acids is 1. The quantitative estimate of drug-likeness (QED) is 0.915. The van der Waals surface area contributed by atoms with E-state index in [0.29, 0.717) is 18.1 Å². The second-order valence-electron chi connectivity index (χ2n) is 4.09. The first-order chi connectivity index (χ1) is 9.13. The zero-order valence-corrected chi connectivity index (χ0v) is 11.2. The monoisotopic (exact) mass is 279 g/mol. The molecule has 1 aromatic heterocycles. The second-order valence-corrected chi connectivity index (χ2v) is 4.53. The van der Waals surface area contributed by atoms with E-state index in [1.807, 2.05) is 24.3 Å². The Bertz CT molecular complexity index is 592. The van der Waals surface area contributed by atoms with Crippen molar-refractivity contribution in [3.8, 4) is 5.69 Å². The number of carboxylic acids is 1. The Labute approximate surface area is 116 Å². The molecule has 4 nitrogen and oxygen atoms in total. The Balaban J connectivity index is 2.49. The number of nitrogens with zero attached hydrogens (tertiary/aromatic N) is 1. The van der Waals surface area contributed by atoms with Crippen LogP contribution >= 0.6 is 11.6 Å². The van der Waals surface area contributed by atoms with Crippen molar-refractivity contribution in [1.29, 1.82) is 0 Å². The van der Waals surface area contributed by atoms with E-state index in [0.717, 1.165) is 11.3 Å². The maximum atomic E-state index is 11.2. The third-order valence-electron chi connectivity index (χ3n) is 2.83. The number of rotatable bonds is 5. The fraction of sp³-hybridized carbons (Fsp3) is 0.214. The largest absolute Gasteiger partial charge is 0.477 e. The molecular formula is C14H14ClNO3. The average Bonchev–Trinajstić information content (AvgIpc) is 2.79. The number of para-hydroxylation sites is 1. The van der Waals surface area contributed by atoms with Crippen molar-refractivity contribution in [2.24, 2.45) is 0 Å². The van der Waals surface area contributed by atoms with Gasteiger partial charge in [0.15, 0.2) is 0 Å². The van der Waals surface area contributed by atoms with Gasteiger partial charge in [-0.3, -0.25) is 0 Å². The van der Waals surface area contributed by atoms with Gasteiger partial charge in [0.1, 0.15) is 5.69 Å². The van der Waals surface area contributed by atoms with E-state index in [4.69, 9.17) is 16.3 Å². The van der Waals surface area contributed by atoms with Gasteiger partial charge in [-0.05, 0) is 24.1 Å². The summed E-state index contributed by atoms with van der Waals surface area (Å²) in [5.41, 5.74) is 1.97. The van der Waals surface area contributed by atoms with Crippen LogP contribution in [0.5, 0.6) is 0 Å². The molecule has 0 saturated heterocycles. The first kappa shape index (κ1) is 13.6. The van der Waals surface area contributed by atoms with E-state index in [1.54, 1.807) is 17.9 Å². The van der Waals surface area contributed by atoms with E-state index < -0.39 is 5.97 Å². The highest BCUT2D eigenvalue weighted by Gasteiger charge is 2.15. The summed E-state index contributed by atoms with van der Waals surface area (Å²) < 4.78 is 6.66. The van der Waals surface area contributed by atoms with Crippen LogP contribution in [0.1, 0.15) is 16.1 Å².